The molecule has 112 valence electrons. The third kappa shape index (κ3) is 3.53. The van der Waals surface area contributed by atoms with Crippen molar-refractivity contribution in [3.05, 3.63) is 53.1 Å². The molecule has 3 nitrogen and oxygen atoms in total. The Balaban J connectivity index is 1.66. The first-order chi connectivity index (χ1) is 10.2. The molecule has 1 aromatic heterocycles. The average molecular weight is 283 g/mol. The van der Waals surface area contributed by atoms with E-state index in [0.717, 1.165) is 19.5 Å². The number of aryl methyl sites for hydroxylation is 1. The van der Waals surface area contributed by atoms with Crippen LogP contribution in [0.15, 0.2) is 30.6 Å². The van der Waals surface area contributed by atoms with Crippen LogP contribution < -0.4 is 5.32 Å². The van der Waals surface area contributed by atoms with Crippen molar-refractivity contribution in [2.45, 2.75) is 58.7 Å². The molecule has 3 heteroatoms. The highest BCUT2D eigenvalue weighted by molar-refractivity contribution is 5.24. The van der Waals surface area contributed by atoms with Gasteiger partial charge in [0.15, 0.2) is 0 Å². The summed E-state index contributed by atoms with van der Waals surface area (Å²) in [5, 5.41) is 3.45. The predicted octanol–water partition coefficient (Wildman–Crippen LogP) is 3.31. The van der Waals surface area contributed by atoms with E-state index in [1.807, 2.05) is 6.33 Å². The van der Waals surface area contributed by atoms with Gasteiger partial charge < -0.3 is 9.88 Å². The zero-order valence-electron chi connectivity index (χ0n) is 13.1. The fraction of sp³-hybridized carbons (Fsp3) is 0.500. The van der Waals surface area contributed by atoms with E-state index in [9.17, 15) is 0 Å². The van der Waals surface area contributed by atoms with Crippen molar-refractivity contribution in [3.8, 4) is 0 Å². The van der Waals surface area contributed by atoms with E-state index >= 15 is 0 Å². The molecule has 0 radical (unpaired) electrons. The zero-order chi connectivity index (χ0) is 14.7. The summed E-state index contributed by atoms with van der Waals surface area (Å²) in [7, 11) is 0. The van der Waals surface area contributed by atoms with Crippen LogP contribution in [0.3, 0.4) is 0 Å². The number of nitrogens with one attached hydrogen (secondary N) is 1. The summed E-state index contributed by atoms with van der Waals surface area (Å²) in [6, 6.07) is 9.48. The van der Waals surface area contributed by atoms with E-state index in [0.29, 0.717) is 6.04 Å². The van der Waals surface area contributed by atoms with Crippen molar-refractivity contribution in [1.82, 2.24) is 14.9 Å². The van der Waals surface area contributed by atoms with E-state index < -0.39 is 0 Å². The molecule has 1 heterocycles. The Hall–Kier alpha value is -1.61. The summed E-state index contributed by atoms with van der Waals surface area (Å²) in [6.45, 7) is 6.24. The van der Waals surface area contributed by atoms with E-state index in [2.05, 4.69) is 53.0 Å². The molecule has 2 aromatic rings. The van der Waals surface area contributed by atoms with Crippen LogP contribution in [0, 0.1) is 0 Å². The topological polar surface area (TPSA) is 29.9 Å². The summed E-state index contributed by atoms with van der Waals surface area (Å²) in [6.07, 6.45) is 6.96. The minimum Gasteiger partial charge on any atom is -0.330 e. The Bertz CT molecular complexity index is 581. The highest BCUT2D eigenvalue weighted by Crippen LogP contribution is 2.20. The number of hydrogen-bond donors (Lipinski definition) is 1. The SMILES string of the molecule is CC(C)NCc1ccc(Cn2cnc3c2CCCC3)cc1. The lowest BCUT2D eigenvalue weighted by molar-refractivity contribution is 0.588. The fourth-order valence-electron chi connectivity index (χ4n) is 2.95. The minimum absolute atomic E-state index is 0.530. The Kier molecular flexibility index (Phi) is 4.39. The molecule has 0 fully saturated rings. The van der Waals surface area contributed by atoms with Crippen LogP contribution in [0.2, 0.25) is 0 Å². The fourth-order valence-corrected chi connectivity index (χ4v) is 2.95. The molecule has 3 rings (SSSR count). The lowest BCUT2D eigenvalue weighted by Gasteiger charge is -2.14. The maximum Gasteiger partial charge on any atom is 0.0954 e. The van der Waals surface area contributed by atoms with Gasteiger partial charge >= 0.3 is 0 Å². The van der Waals surface area contributed by atoms with Gasteiger partial charge in [0.05, 0.1) is 12.0 Å². The zero-order valence-corrected chi connectivity index (χ0v) is 13.1. The number of fused-ring (bicyclic) bond motifs is 1. The van der Waals surface area contributed by atoms with Gasteiger partial charge in [0.25, 0.3) is 0 Å². The third-order valence-electron chi connectivity index (χ3n) is 4.20. The standard InChI is InChI=1S/C18H25N3/c1-14(2)19-11-15-7-9-16(10-8-15)12-21-13-20-17-5-3-4-6-18(17)21/h7-10,13-14,19H,3-6,11-12H2,1-2H3. The van der Waals surface area contributed by atoms with Crippen LogP contribution in [0.4, 0.5) is 0 Å². The molecule has 1 aliphatic carbocycles. The van der Waals surface area contributed by atoms with Gasteiger partial charge in [-0.3, -0.25) is 0 Å². The molecule has 0 atom stereocenters. The molecular weight excluding hydrogens is 258 g/mol. The summed E-state index contributed by atoms with van der Waals surface area (Å²) in [4.78, 5) is 4.57. The van der Waals surface area contributed by atoms with Crippen molar-refractivity contribution in [2.24, 2.45) is 0 Å². The van der Waals surface area contributed by atoms with Gasteiger partial charge in [0.2, 0.25) is 0 Å². The van der Waals surface area contributed by atoms with Crippen molar-refractivity contribution in [2.75, 3.05) is 0 Å². The van der Waals surface area contributed by atoms with Gasteiger partial charge in [-0.2, -0.15) is 0 Å². The Labute approximate surface area is 127 Å². The molecule has 0 amide bonds. The average Bonchev–Trinajstić information content (AvgIpc) is 2.90. The molecule has 0 spiro atoms. The molecule has 0 saturated carbocycles. The largest absolute Gasteiger partial charge is 0.330 e. The van der Waals surface area contributed by atoms with Gasteiger partial charge in [-0.05, 0) is 36.8 Å². The van der Waals surface area contributed by atoms with Crippen LogP contribution in [0.5, 0.6) is 0 Å². The number of rotatable bonds is 5. The Morgan fingerprint density at radius 2 is 1.81 bits per heavy atom. The first kappa shape index (κ1) is 14.3. The van der Waals surface area contributed by atoms with Crippen LogP contribution in [-0.4, -0.2) is 15.6 Å². The van der Waals surface area contributed by atoms with Crippen molar-refractivity contribution in [1.29, 1.82) is 0 Å². The molecule has 0 aliphatic heterocycles. The second kappa shape index (κ2) is 6.44. The number of benzene rings is 1. The molecule has 1 N–H and O–H groups in total. The first-order valence-corrected chi connectivity index (χ1v) is 8.06. The predicted molar refractivity (Wildman–Crippen MR) is 86.4 cm³/mol. The lowest BCUT2D eigenvalue weighted by atomic mass is 10.0. The highest BCUT2D eigenvalue weighted by Gasteiger charge is 2.14. The molecule has 1 aliphatic rings. The van der Waals surface area contributed by atoms with E-state index in [1.165, 1.54) is 41.8 Å². The molecule has 0 saturated heterocycles. The van der Waals surface area contributed by atoms with Gasteiger partial charge in [0, 0.05) is 24.8 Å². The van der Waals surface area contributed by atoms with Crippen LogP contribution in [-0.2, 0) is 25.9 Å². The molecule has 21 heavy (non-hydrogen) atoms. The van der Waals surface area contributed by atoms with Gasteiger partial charge in [-0.15, -0.1) is 0 Å². The smallest absolute Gasteiger partial charge is 0.0954 e. The van der Waals surface area contributed by atoms with Crippen molar-refractivity contribution >= 4 is 0 Å². The number of imidazole rings is 1. The van der Waals surface area contributed by atoms with Gasteiger partial charge in [-0.1, -0.05) is 38.1 Å². The summed E-state index contributed by atoms with van der Waals surface area (Å²) >= 11 is 0. The van der Waals surface area contributed by atoms with Crippen LogP contribution in [0.25, 0.3) is 0 Å². The van der Waals surface area contributed by atoms with Gasteiger partial charge in [0.1, 0.15) is 0 Å². The first-order valence-electron chi connectivity index (χ1n) is 8.06. The normalized spacial score (nSPS) is 14.4. The van der Waals surface area contributed by atoms with E-state index in [1.54, 1.807) is 0 Å². The second-order valence-corrected chi connectivity index (χ2v) is 6.33. The lowest BCUT2D eigenvalue weighted by Crippen LogP contribution is -2.21. The van der Waals surface area contributed by atoms with Crippen molar-refractivity contribution in [3.63, 3.8) is 0 Å². The number of nitrogens with zero attached hydrogens (tertiary/aromatic N) is 2. The van der Waals surface area contributed by atoms with E-state index in [-0.39, 0.29) is 0 Å². The monoisotopic (exact) mass is 283 g/mol. The molecule has 0 bridgehead atoms. The van der Waals surface area contributed by atoms with Gasteiger partial charge in [-0.25, -0.2) is 4.98 Å². The Morgan fingerprint density at radius 1 is 1.10 bits per heavy atom. The molecule has 1 aromatic carbocycles. The number of aromatic nitrogens is 2. The second-order valence-electron chi connectivity index (χ2n) is 6.33. The highest BCUT2D eigenvalue weighted by atomic mass is 15.1. The molecular formula is C18H25N3. The Morgan fingerprint density at radius 3 is 2.57 bits per heavy atom. The quantitative estimate of drug-likeness (QED) is 0.912. The van der Waals surface area contributed by atoms with Crippen LogP contribution >= 0.6 is 0 Å². The van der Waals surface area contributed by atoms with Crippen molar-refractivity contribution < 1.29 is 0 Å². The minimum atomic E-state index is 0.530. The van der Waals surface area contributed by atoms with Crippen LogP contribution in [0.1, 0.15) is 49.2 Å². The number of hydrogen-bond acceptors (Lipinski definition) is 2. The molecule has 0 unspecified atom stereocenters. The maximum atomic E-state index is 4.57. The summed E-state index contributed by atoms with van der Waals surface area (Å²) in [5.41, 5.74) is 5.47. The maximum absolute atomic E-state index is 4.57. The van der Waals surface area contributed by atoms with E-state index in [4.69, 9.17) is 0 Å². The third-order valence-corrected chi connectivity index (χ3v) is 4.20. The summed E-state index contributed by atoms with van der Waals surface area (Å²) in [5.74, 6) is 0. The summed E-state index contributed by atoms with van der Waals surface area (Å²) < 4.78 is 2.33.